The second-order valence-electron chi connectivity index (χ2n) is 6.49. The first kappa shape index (κ1) is 18.9. The Hall–Kier alpha value is -4.48. The molecule has 0 fully saturated rings. The summed E-state index contributed by atoms with van der Waals surface area (Å²) in [6.45, 7) is 0.800. The molecule has 0 radical (unpaired) electrons. The quantitative estimate of drug-likeness (QED) is 0.315. The SMILES string of the molecule is NC(=O)c1cnc2c(c1)nc(N)n2C/C=C/Cn1c(N)nc2cc(C(N)=O)cnc21. The highest BCUT2D eigenvalue weighted by Crippen LogP contribution is 2.18. The summed E-state index contributed by atoms with van der Waals surface area (Å²) in [6.07, 6.45) is 6.50. The number of hydrogen-bond acceptors (Lipinski definition) is 8. The lowest BCUT2D eigenvalue weighted by Crippen LogP contribution is -2.11. The molecule has 0 unspecified atom stereocenters. The number of fused-ring (bicyclic) bond motifs is 2. The Morgan fingerprint density at radius 3 is 1.57 bits per heavy atom. The highest BCUT2D eigenvalue weighted by atomic mass is 16.1. The van der Waals surface area contributed by atoms with Crippen molar-refractivity contribution >= 4 is 46.0 Å². The van der Waals surface area contributed by atoms with Crippen LogP contribution in [0, 0.1) is 0 Å². The molecule has 4 aromatic rings. The minimum atomic E-state index is -0.584. The maximum atomic E-state index is 11.3. The largest absolute Gasteiger partial charge is 0.369 e. The van der Waals surface area contributed by atoms with Gasteiger partial charge in [0.2, 0.25) is 23.7 Å². The van der Waals surface area contributed by atoms with E-state index in [1.807, 2.05) is 12.2 Å². The van der Waals surface area contributed by atoms with Crippen molar-refractivity contribution in [3.05, 3.63) is 47.8 Å². The van der Waals surface area contributed by atoms with E-state index in [1.165, 1.54) is 12.4 Å². The van der Waals surface area contributed by atoms with Gasteiger partial charge in [-0.25, -0.2) is 19.9 Å². The van der Waals surface area contributed by atoms with E-state index in [2.05, 4.69) is 19.9 Å². The lowest BCUT2D eigenvalue weighted by Gasteiger charge is -2.04. The molecule has 0 spiro atoms. The molecular weight excluding hydrogens is 388 g/mol. The third-order valence-corrected chi connectivity index (χ3v) is 4.54. The van der Waals surface area contributed by atoms with E-state index in [9.17, 15) is 9.59 Å². The van der Waals surface area contributed by atoms with Gasteiger partial charge in [-0.1, -0.05) is 12.2 Å². The third-order valence-electron chi connectivity index (χ3n) is 4.54. The summed E-state index contributed by atoms with van der Waals surface area (Å²) in [5, 5.41) is 0. The van der Waals surface area contributed by atoms with E-state index >= 15 is 0 Å². The number of allylic oxidation sites excluding steroid dienone is 2. The zero-order valence-electron chi connectivity index (χ0n) is 15.7. The Labute approximate surface area is 169 Å². The fraction of sp³-hybridized carbons (Fsp3) is 0.111. The van der Waals surface area contributed by atoms with E-state index in [0.717, 1.165) is 0 Å². The van der Waals surface area contributed by atoms with Gasteiger partial charge in [0, 0.05) is 25.5 Å². The molecule has 2 amide bonds. The second-order valence-corrected chi connectivity index (χ2v) is 6.49. The van der Waals surface area contributed by atoms with Crippen molar-refractivity contribution in [2.24, 2.45) is 11.5 Å². The van der Waals surface area contributed by atoms with Gasteiger partial charge >= 0.3 is 0 Å². The molecule has 30 heavy (non-hydrogen) atoms. The summed E-state index contributed by atoms with van der Waals surface area (Å²) < 4.78 is 3.40. The summed E-state index contributed by atoms with van der Waals surface area (Å²) in [5.74, 6) is -0.646. The second kappa shape index (κ2) is 7.16. The number of primary amides is 2. The topological polar surface area (TPSA) is 200 Å². The van der Waals surface area contributed by atoms with E-state index in [0.29, 0.717) is 35.4 Å². The van der Waals surface area contributed by atoms with Crippen molar-refractivity contribution in [3.63, 3.8) is 0 Å². The van der Waals surface area contributed by atoms with Crippen LogP contribution in [0.4, 0.5) is 11.9 Å². The van der Waals surface area contributed by atoms with Crippen LogP contribution in [0.5, 0.6) is 0 Å². The summed E-state index contributed by atoms with van der Waals surface area (Å²) in [7, 11) is 0. The average Bonchev–Trinajstić information content (AvgIpc) is 3.19. The van der Waals surface area contributed by atoms with Crippen molar-refractivity contribution in [2.75, 3.05) is 11.5 Å². The first-order chi connectivity index (χ1) is 14.3. The summed E-state index contributed by atoms with van der Waals surface area (Å²) in [5.41, 5.74) is 25.0. The fourth-order valence-corrected chi connectivity index (χ4v) is 3.05. The lowest BCUT2D eigenvalue weighted by molar-refractivity contribution is 0.0991. The van der Waals surface area contributed by atoms with Gasteiger partial charge < -0.3 is 22.9 Å². The van der Waals surface area contributed by atoms with Crippen molar-refractivity contribution in [1.82, 2.24) is 29.1 Å². The fourth-order valence-electron chi connectivity index (χ4n) is 3.05. The van der Waals surface area contributed by atoms with Crippen LogP contribution in [0.15, 0.2) is 36.7 Å². The molecule has 0 aliphatic carbocycles. The number of carbonyl (C=O) groups excluding carboxylic acids is 2. The van der Waals surface area contributed by atoms with Gasteiger partial charge in [0.1, 0.15) is 11.0 Å². The third kappa shape index (κ3) is 3.26. The number of aromatic nitrogens is 6. The standard InChI is InChI=1S/C18H18N10O2/c19-13(29)9-5-11-15(23-7-9)27(17(21)25-11)3-1-2-4-28-16-12(26-18(28)22)6-10(8-24-16)14(20)30/h1-2,5-8H,3-4H2,(H2,19,29)(H2,20,30)(H2,21,25)(H2,22,26)/b2-1+. The minimum Gasteiger partial charge on any atom is -0.369 e. The van der Waals surface area contributed by atoms with Crippen molar-refractivity contribution in [2.45, 2.75) is 13.1 Å². The van der Waals surface area contributed by atoms with Gasteiger partial charge in [-0.3, -0.25) is 18.7 Å². The molecule has 0 atom stereocenters. The Morgan fingerprint density at radius 2 is 1.20 bits per heavy atom. The molecule has 152 valence electrons. The van der Waals surface area contributed by atoms with Gasteiger partial charge in [0.25, 0.3) is 0 Å². The molecule has 4 aromatic heterocycles. The number of rotatable bonds is 6. The van der Waals surface area contributed by atoms with Crippen LogP contribution in [0.25, 0.3) is 22.3 Å². The van der Waals surface area contributed by atoms with Crippen molar-refractivity contribution in [1.29, 1.82) is 0 Å². The molecular formula is C18H18N10O2. The smallest absolute Gasteiger partial charge is 0.250 e. The maximum Gasteiger partial charge on any atom is 0.250 e. The Balaban J connectivity index is 1.55. The van der Waals surface area contributed by atoms with Gasteiger partial charge in [0.15, 0.2) is 11.3 Å². The summed E-state index contributed by atoms with van der Waals surface area (Å²) in [6, 6.07) is 3.09. The lowest BCUT2D eigenvalue weighted by atomic mass is 10.2. The summed E-state index contributed by atoms with van der Waals surface area (Å²) >= 11 is 0. The first-order valence-corrected chi connectivity index (χ1v) is 8.83. The van der Waals surface area contributed by atoms with Crippen LogP contribution in [-0.4, -0.2) is 40.9 Å². The number of nitrogen functional groups attached to an aromatic ring is 2. The molecule has 8 N–H and O–H groups in total. The van der Waals surface area contributed by atoms with Crippen LogP contribution in [-0.2, 0) is 13.1 Å². The van der Waals surface area contributed by atoms with Crippen LogP contribution in [0.3, 0.4) is 0 Å². The number of hydrogen-bond donors (Lipinski definition) is 4. The Kier molecular flexibility index (Phi) is 4.50. The molecule has 0 aliphatic heterocycles. The number of amides is 2. The van der Waals surface area contributed by atoms with Gasteiger partial charge in [-0.05, 0) is 12.1 Å². The number of nitrogens with two attached hydrogens (primary N) is 4. The maximum absolute atomic E-state index is 11.3. The van der Waals surface area contributed by atoms with E-state index in [-0.39, 0.29) is 23.0 Å². The Morgan fingerprint density at radius 1 is 0.800 bits per heavy atom. The highest BCUT2D eigenvalue weighted by molar-refractivity contribution is 5.96. The monoisotopic (exact) mass is 406 g/mol. The van der Waals surface area contributed by atoms with Crippen LogP contribution in [0.1, 0.15) is 20.7 Å². The number of nitrogens with zero attached hydrogens (tertiary/aromatic N) is 6. The van der Waals surface area contributed by atoms with Gasteiger partial charge in [-0.2, -0.15) is 0 Å². The predicted octanol–water partition coefficient (Wildman–Crippen LogP) is -0.205. The van der Waals surface area contributed by atoms with Crippen molar-refractivity contribution in [3.8, 4) is 0 Å². The van der Waals surface area contributed by atoms with Crippen LogP contribution < -0.4 is 22.9 Å². The zero-order valence-corrected chi connectivity index (χ0v) is 15.7. The predicted molar refractivity (Wildman–Crippen MR) is 110 cm³/mol. The van der Waals surface area contributed by atoms with E-state index < -0.39 is 11.8 Å². The number of imidazole rings is 2. The summed E-state index contributed by atoms with van der Waals surface area (Å²) in [4.78, 5) is 39.5. The van der Waals surface area contributed by atoms with Gasteiger partial charge in [-0.15, -0.1) is 0 Å². The molecule has 0 aromatic carbocycles. The molecule has 12 nitrogen and oxygen atoms in total. The Bertz CT molecular complexity index is 1230. The van der Waals surface area contributed by atoms with E-state index in [1.54, 1.807) is 21.3 Å². The van der Waals surface area contributed by atoms with E-state index in [4.69, 9.17) is 22.9 Å². The van der Waals surface area contributed by atoms with Gasteiger partial charge in [0.05, 0.1) is 11.1 Å². The molecule has 0 saturated heterocycles. The zero-order chi connectivity index (χ0) is 21.4. The number of pyridine rings is 2. The normalized spacial score (nSPS) is 11.6. The first-order valence-electron chi connectivity index (χ1n) is 8.83. The molecule has 0 saturated carbocycles. The van der Waals surface area contributed by atoms with Crippen molar-refractivity contribution < 1.29 is 9.59 Å². The van der Waals surface area contributed by atoms with Crippen LogP contribution in [0.2, 0.25) is 0 Å². The number of carbonyl (C=O) groups is 2. The molecule has 0 aliphatic rings. The molecule has 4 heterocycles. The molecule has 0 bridgehead atoms. The average molecular weight is 406 g/mol. The highest BCUT2D eigenvalue weighted by Gasteiger charge is 2.12. The minimum absolute atomic E-state index is 0.261. The number of anilines is 2. The van der Waals surface area contributed by atoms with Crippen LogP contribution >= 0.6 is 0 Å². The molecule has 12 heteroatoms. The molecule has 4 rings (SSSR count).